The van der Waals surface area contributed by atoms with Crippen molar-refractivity contribution < 1.29 is 18.8 Å². The zero-order valence-electron chi connectivity index (χ0n) is 21.2. The van der Waals surface area contributed by atoms with Crippen LogP contribution in [0.2, 0.25) is 0 Å². The standard InChI is InChI=1S/C24H21N12O4P/c37-41(19-10-4-1-7-16(19)38-13-22-25-31-32-26-22,20-11-5-2-8-17(20)39-14-23-27-33-34-28-23)21-12-6-3-9-18(21)40-15-24-29-35-36-30-24/h1-12H,13-15H2,(H,25,26,31,32)(H,27,28,33,34)(H,29,30,35,36). The van der Waals surface area contributed by atoms with E-state index in [1.165, 1.54) is 0 Å². The van der Waals surface area contributed by atoms with Gasteiger partial charge in [-0.15, -0.1) is 30.6 Å². The molecule has 0 aliphatic carbocycles. The molecule has 0 saturated carbocycles. The van der Waals surface area contributed by atoms with Gasteiger partial charge in [0.15, 0.2) is 27.0 Å². The number of nitrogens with one attached hydrogen (secondary N) is 3. The van der Waals surface area contributed by atoms with Gasteiger partial charge in [0.1, 0.15) is 17.2 Å². The molecule has 0 bridgehead atoms. The summed E-state index contributed by atoms with van der Waals surface area (Å²) < 4.78 is 34.0. The number of aromatic amines is 3. The Morgan fingerprint density at radius 1 is 0.512 bits per heavy atom. The Hall–Kier alpha value is -5.50. The summed E-state index contributed by atoms with van der Waals surface area (Å²) in [6.07, 6.45) is 0. The van der Waals surface area contributed by atoms with Crippen molar-refractivity contribution in [3.63, 3.8) is 0 Å². The first-order valence-electron chi connectivity index (χ1n) is 12.2. The fourth-order valence-electron chi connectivity index (χ4n) is 4.07. The molecule has 0 fully saturated rings. The number of ether oxygens (including phenoxy) is 3. The molecule has 206 valence electrons. The molecule has 0 aliphatic heterocycles. The molecule has 0 spiro atoms. The van der Waals surface area contributed by atoms with E-state index < -0.39 is 7.14 Å². The zero-order chi connectivity index (χ0) is 27.9. The Morgan fingerprint density at radius 3 is 1.12 bits per heavy atom. The smallest absolute Gasteiger partial charge is 0.211 e. The van der Waals surface area contributed by atoms with E-state index in [2.05, 4.69) is 61.9 Å². The number of hydrogen-bond acceptors (Lipinski definition) is 13. The minimum atomic E-state index is -3.78. The maximum Gasteiger partial charge on any atom is 0.211 e. The van der Waals surface area contributed by atoms with Gasteiger partial charge in [0.05, 0.1) is 15.9 Å². The lowest BCUT2D eigenvalue weighted by Crippen LogP contribution is -2.29. The van der Waals surface area contributed by atoms with E-state index in [9.17, 15) is 0 Å². The lowest BCUT2D eigenvalue weighted by molar-refractivity contribution is 0.297. The van der Waals surface area contributed by atoms with Crippen LogP contribution < -0.4 is 30.1 Å². The van der Waals surface area contributed by atoms with Crippen LogP contribution in [0.4, 0.5) is 0 Å². The van der Waals surface area contributed by atoms with Crippen molar-refractivity contribution in [2.24, 2.45) is 0 Å². The van der Waals surface area contributed by atoms with E-state index in [0.29, 0.717) is 50.6 Å². The van der Waals surface area contributed by atoms with Crippen LogP contribution in [0.3, 0.4) is 0 Å². The van der Waals surface area contributed by atoms with E-state index in [1.54, 1.807) is 72.8 Å². The van der Waals surface area contributed by atoms with Crippen molar-refractivity contribution in [1.29, 1.82) is 0 Å². The van der Waals surface area contributed by atoms with Crippen molar-refractivity contribution in [3.8, 4) is 17.2 Å². The van der Waals surface area contributed by atoms with E-state index in [1.807, 2.05) is 0 Å². The molecule has 3 aromatic carbocycles. The van der Waals surface area contributed by atoms with Gasteiger partial charge >= 0.3 is 0 Å². The third-order valence-corrected chi connectivity index (χ3v) is 9.00. The highest BCUT2D eigenvalue weighted by Crippen LogP contribution is 2.49. The maximum absolute atomic E-state index is 15.8. The number of hydrogen-bond donors (Lipinski definition) is 3. The summed E-state index contributed by atoms with van der Waals surface area (Å²) in [6.45, 7) is -0.00160. The van der Waals surface area contributed by atoms with E-state index in [4.69, 9.17) is 14.2 Å². The summed E-state index contributed by atoms with van der Waals surface area (Å²) in [5, 5.41) is 42.8. The Bertz CT molecular complexity index is 1540. The predicted octanol–water partition coefficient (Wildman–Crippen LogP) is 0.602. The molecule has 41 heavy (non-hydrogen) atoms. The first kappa shape index (κ1) is 25.8. The quantitative estimate of drug-likeness (QED) is 0.172. The highest BCUT2D eigenvalue weighted by molar-refractivity contribution is 7.85. The van der Waals surface area contributed by atoms with Gasteiger partial charge in [-0.25, -0.2) is 0 Å². The molecule has 0 radical (unpaired) electrons. The highest BCUT2D eigenvalue weighted by atomic mass is 31.2. The molecule has 6 aromatic rings. The summed E-state index contributed by atoms with van der Waals surface area (Å²) >= 11 is 0. The summed E-state index contributed by atoms with van der Waals surface area (Å²) in [5.41, 5.74) is 0. The van der Waals surface area contributed by atoms with Crippen LogP contribution in [0, 0.1) is 0 Å². The molecule has 3 heterocycles. The SMILES string of the molecule is O=P(c1ccccc1OCc1nn[nH]n1)(c1ccccc1OCc1nn[nH]n1)c1ccccc1OCc1nn[nH]n1. The molecule has 0 amide bonds. The van der Waals surface area contributed by atoms with Crippen LogP contribution in [0.5, 0.6) is 17.2 Å². The van der Waals surface area contributed by atoms with Gasteiger partial charge in [0, 0.05) is 0 Å². The second kappa shape index (κ2) is 11.7. The monoisotopic (exact) mass is 572 g/mol. The number of nitrogens with zero attached hydrogens (tertiary/aromatic N) is 9. The first-order valence-corrected chi connectivity index (χ1v) is 13.9. The van der Waals surface area contributed by atoms with Gasteiger partial charge in [-0.1, -0.05) is 52.0 Å². The summed E-state index contributed by atoms with van der Waals surface area (Å²) in [4.78, 5) is 0. The van der Waals surface area contributed by atoms with Gasteiger partial charge in [-0.2, -0.15) is 15.6 Å². The second-order valence-electron chi connectivity index (χ2n) is 8.36. The Morgan fingerprint density at radius 2 is 0.829 bits per heavy atom. The van der Waals surface area contributed by atoms with Gasteiger partial charge < -0.3 is 18.8 Å². The number of para-hydroxylation sites is 3. The molecule has 0 atom stereocenters. The molecule has 0 saturated heterocycles. The van der Waals surface area contributed by atoms with Crippen molar-refractivity contribution >= 4 is 23.1 Å². The van der Waals surface area contributed by atoms with Gasteiger partial charge in [-0.3, -0.25) is 0 Å². The van der Waals surface area contributed by atoms with Crippen LogP contribution in [-0.2, 0) is 24.4 Å². The average molecular weight is 572 g/mol. The molecule has 3 N–H and O–H groups in total. The van der Waals surface area contributed by atoms with Gasteiger partial charge in [0.25, 0.3) is 0 Å². The fourth-order valence-corrected chi connectivity index (χ4v) is 7.08. The Kier molecular flexibility index (Phi) is 7.36. The average Bonchev–Trinajstić information content (AvgIpc) is 3.83. The molecule has 16 nitrogen and oxygen atoms in total. The number of benzene rings is 3. The lowest BCUT2D eigenvalue weighted by Gasteiger charge is -2.25. The number of rotatable bonds is 12. The van der Waals surface area contributed by atoms with E-state index >= 15 is 4.57 Å². The molecule has 17 heteroatoms. The van der Waals surface area contributed by atoms with Crippen LogP contribution in [0.1, 0.15) is 17.5 Å². The normalized spacial score (nSPS) is 11.3. The Balaban J connectivity index is 1.47. The maximum atomic E-state index is 15.8. The van der Waals surface area contributed by atoms with Gasteiger partial charge in [0.2, 0.25) is 17.5 Å². The number of aromatic nitrogens is 12. The molecule has 0 aliphatic rings. The largest absolute Gasteiger partial charge is 0.485 e. The molecular formula is C24H21N12O4P. The number of H-pyrrole nitrogens is 3. The van der Waals surface area contributed by atoms with Crippen molar-refractivity contribution in [3.05, 3.63) is 90.3 Å². The van der Waals surface area contributed by atoms with Crippen LogP contribution in [0.25, 0.3) is 0 Å². The number of tetrazole rings is 3. The zero-order valence-corrected chi connectivity index (χ0v) is 22.0. The minimum Gasteiger partial charge on any atom is -0.485 e. The van der Waals surface area contributed by atoms with E-state index in [0.717, 1.165) is 0 Å². The summed E-state index contributed by atoms with van der Waals surface area (Å²) in [6, 6.07) is 21.2. The molecule has 3 aromatic heterocycles. The van der Waals surface area contributed by atoms with E-state index in [-0.39, 0.29) is 19.8 Å². The first-order chi connectivity index (χ1) is 20.2. The van der Waals surface area contributed by atoms with Crippen molar-refractivity contribution in [1.82, 2.24) is 61.9 Å². The lowest BCUT2D eigenvalue weighted by atomic mass is 10.3. The Labute approximate surface area is 231 Å². The molecular weight excluding hydrogens is 551 g/mol. The minimum absolute atomic E-state index is 0.000532. The fraction of sp³-hybridized carbons (Fsp3) is 0.125. The van der Waals surface area contributed by atoms with Crippen molar-refractivity contribution in [2.75, 3.05) is 0 Å². The third kappa shape index (κ3) is 5.49. The third-order valence-electron chi connectivity index (χ3n) is 5.85. The second-order valence-corrected chi connectivity index (χ2v) is 11.0. The van der Waals surface area contributed by atoms with Crippen molar-refractivity contribution in [2.45, 2.75) is 19.8 Å². The van der Waals surface area contributed by atoms with Crippen LogP contribution in [0.15, 0.2) is 72.8 Å². The summed E-state index contributed by atoms with van der Waals surface area (Å²) in [5.74, 6) is 2.09. The summed E-state index contributed by atoms with van der Waals surface area (Å²) in [7, 11) is -3.78. The highest BCUT2D eigenvalue weighted by Gasteiger charge is 2.38. The molecule has 0 unspecified atom stereocenters. The topological polar surface area (TPSA) is 208 Å². The predicted molar refractivity (Wildman–Crippen MR) is 141 cm³/mol. The van der Waals surface area contributed by atoms with Crippen LogP contribution >= 0.6 is 7.14 Å². The van der Waals surface area contributed by atoms with Gasteiger partial charge in [-0.05, 0) is 36.4 Å². The molecule has 6 rings (SSSR count). The van der Waals surface area contributed by atoms with Crippen LogP contribution in [-0.4, -0.2) is 61.9 Å².